The van der Waals surface area contributed by atoms with Gasteiger partial charge in [-0.3, -0.25) is 0 Å². The van der Waals surface area contributed by atoms with E-state index in [1.54, 1.807) is 11.3 Å². The molecule has 0 saturated heterocycles. The molecule has 0 aromatic carbocycles. The van der Waals surface area contributed by atoms with Crippen molar-refractivity contribution in [2.45, 2.75) is 26.7 Å². The molecule has 0 radical (unpaired) electrons. The van der Waals surface area contributed by atoms with Crippen molar-refractivity contribution in [1.82, 2.24) is 4.98 Å². The highest BCUT2D eigenvalue weighted by molar-refractivity contribution is 7.22. The highest BCUT2D eigenvalue weighted by Gasteiger charge is 2.19. The molecular weight excluding hydrogens is 254 g/mol. The van der Waals surface area contributed by atoms with E-state index in [-0.39, 0.29) is 5.69 Å². The van der Waals surface area contributed by atoms with E-state index in [4.69, 9.17) is 5.11 Å². The molecule has 2 aromatic rings. The standard InChI is InChI=1S/C12H13NO2S2/c1-3-4-9-13-10(12(14)15)11(17-9)8-6-5-7(2)16-8/h5-6H,3-4H2,1-2H3,(H,14,15). The van der Waals surface area contributed by atoms with Crippen LogP contribution in [0.5, 0.6) is 0 Å². The Kier molecular flexibility index (Phi) is 3.59. The lowest BCUT2D eigenvalue weighted by Crippen LogP contribution is -1.98. The van der Waals surface area contributed by atoms with E-state index in [9.17, 15) is 4.79 Å². The van der Waals surface area contributed by atoms with Gasteiger partial charge in [-0.1, -0.05) is 6.92 Å². The Hall–Kier alpha value is -1.20. The van der Waals surface area contributed by atoms with Crippen LogP contribution in [0.1, 0.15) is 33.7 Å². The zero-order valence-corrected chi connectivity index (χ0v) is 11.3. The van der Waals surface area contributed by atoms with Crippen molar-refractivity contribution in [1.29, 1.82) is 0 Å². The Balaban J connectivity index is 2.47. The van der Waals surface area contributed by atoms with Gasteiger partial charge in [-0.05, 0) is 31.9 Å². The number of hydrogen-bond donors (Lipinski definition) is 1. The monoisotopic (exact) mass is 267 g/mol. The molecule has 0 amide bonds. The normalized spacial score (nSPS) is 10.7. The zero-order valence-electron chi connectivity index (χ0n) is 9.69. The van der Waals surface area contributed by atoms with Crippen molar-refractivity contribution < 1.29 is 9.90 Å². The van der Waals surface area contributed by atoms with Gasteiger partial charge in [0.05, 0.1) is 9.88 Å². The van der Waals surface area contributed by atoms with E-state index < -0.39 is 5.97 Å². The first-order chi connectivity index (χ1) is 8.11. The largest absolute Gasteiger partial charge is 0.476 e. The Bertz CT molecular complexity index is 542. The number of aryl methyl sites for hydroxylation is 2. The van der Waals surface area contributed by atoms with Crippen LogP contribution in [0.25, 0.3) is 9.75 Å². The second-order valence-electron chi connectivity index (χ2n) is 3.75. The number of thiazole rings is 1. The second-order valence-corrected chi connectivity index (χ2v) is 6.12. The minimum Gasteiger partial charge on any atom is -0.476 e. The zero-order chi connectivity index (χ0) is 12.4. The molecule has 3 nitrogen and oxygen atoms in total. The van der Waals surface area contributed by atoms with Gasteiger partial charge in [0, 0.05) is 9.75 Å². The van der Waals surface area contributed by atoms with Gasteiger partial charge in [0.15, 0.2) is 5.69 Å². The summed E-state index contributed by atoms with van der Waals surface area (Å²) in [6.45, 7) is 4.08. The number of aromatic nitrogens is 1. The first-order valence-electron chi connectivity index (χ1n) is 5.41. The molecule has 2 rings (SSSR count). The quantitative estimate of drug-likeness (QED) is 0.915. The predicted molar refractivity (Wildman–Crippen MR) is 71.1 cm³/mol. The summed E-state index contributed by atoms with van der Waals surface area (Å²) in [5, 5.41) is 10.1. The summed E-state index contributed by atoms with van der Waals surface area (Å²) in [6, 6.07) is 3.97. The van der Waals surface area contributed by atoms with Gasteiger partial charge in [-0.15, -0.1) is 22.7 Å². The van der Waals surface area contributed by atoms with Crippen molar-refractivity contribution in [3.05, 3.63) is 27.7 Å². The van der Waals surface area contributed by atoms with Crippen LogP contribution in [0.4, 0.5) is 0 Å². The van der Waals surface area contributed by atoms with Crippen LogP contribution in [-0.2, 0) is 6.42 Å². The lowest BCUT2D eigenvalue weighted by molar-refractivity contribution is 0.0692. The van der Waals surface area contributed by atoms with E-state index in [0.717, 1.165) is 27.6 Å². The third-order valence-electron chi connectivity index (χ3n) is 2.30. The molecule has 2 aromatic heterocycles. The lowest BCUT2D eigenvalue weighted by Gasteiger charge is -1.92. The molecule has 0 aliphatic heterocycles. The fourth-order valence-corrected chi connectivity index (χ4v) is 3.69. The average Bonchev–Trinajstić information content (AvgIpc) is 2.84. The van der Waals surface area contributed by atoms with Gasteiger partial charge in [-0.25, -0.2) is 9.78 Å². The number of rotatable bonds is 4. The summed E-state index contributed by atoms with van der Waals surface area (Å²) in [5.74, 6) is -0.940. The molecule has 17 heavy (non-hydrogen) atoms. The molecule has 0 aliphatic carbocycles. The van der Waals surface area contributed by atoms with Crippen LogP contribution < -0.4 is 0 Å². The molecule has 5 heteroatoms. The third-order valence-corrected chi connectivity index (χ3v) is 4.60. The Morgan fingerprint density at radius 1 is 1.41 bits per heavy atom. The fraction of sp³-hybridized carbons (Fsp3) is 0.333. The highest BCUT2D eigenvalue weighted by Crippen LogP contribution is 2.35. The van der Waals surface area contributed by atoms with Gasteiger partial charge < -0.3 is 5.11 Å². The highest BCUT2D eigenvalue weighted by atomic mass is 32.1. The molecule has 0 aliphatic rings. The van der Waals surface area contributed by atoms with E-state index in [1.165, 1.54) is 16.2 Å². The summed E-state index contributed by atoms with van der Waals surface area (Å²) in [4.78, 5) is 18.4. The molecule has 0 fully saturated rings. The van der Waals surface area contributed by atoms with Gasteiger partial charge in [0.2, 0.25) is 0 Å². The molecule has 0 saturated carbocycles. The molecule has 2 heterocycles. The Morgan fingerprint density at radius 3 is 2.71 bits per heavy atom. The smallest absolute Gasteiger partial charge is 0.356 e. The molecule has 0 unspecified atom stereocenters. The van der Waals surface area contributed by atoms with Crippen LogP contribution in [0, 0.1) is 6.92 Å². The summed E-state index contributed by atoms with van der Waals surface area (Å²) in [6.07, 6.45) is 1.82. The maximum Gasteiger partial charge on any atom is 0.356 e. The summed E-state index contributed by atoms with van der Waals surface area (Å²) >= 11 is 3.11. The van der Waals surface area contributed by atoms with Crippen LogP contribution >= 0.6 is 22.7 Å². The maximum absolute atomic E-state index is 11.2. The number of hydrogen-bond acceptors (Lipinski definition) is 4. The van der Waals surface area contributed by atoms with Crippen LogP contribution in [0.2, 0.25) is 0 Å². The summed E-state index contributed by atoms with van der Waals surface area (Å²) < 4.78 is 0. The number of nitrogens with zero attached hydrogens (tertiary/aromatic N) is 1. The van der Waals surface area contributed by atoms with Crippen LogP contribution in [0.3, 0.4) is 0 Å². The lowest BCUT2D eigenvalue weighted by atomic mass is 10.3. The van der Waals surface area contributed by atoms with Crippen LogP contribution in [0.15, 0.2) is 12.1 Å². The second kappa shape index (κ2) is 4.98. The summed E-state index contributed by atoms with van der Waals surface area (Å²) in [5.41, 5.74) is 0.195. The maximum atomic E-state index is 11.2. The molecule has 0 atom stereocenters. The molecule has 90 valence electrons. The summed E-state index contributed by atoms with van der Waals surface area (Å²) in [7, 11) is 0. The number of carboxylic acids is 1. The molecular formula is C12H13NO2S2. The van der Waals surface area contributed by atoms with E-state index in [2.05, 4.69) is 11.9 Å². The van der Waals surface area contributed by atoms with E-state index >= 15 is 0 Å². The van der Waals surface area contributed by atoms with Gasteiger partial charge in [0.1, 0.15) is 0 Å². The van der Waals surface area contributed by atoms with Crippen molar-refractivity contribution in [3.8, 4) is 9.75 Å². The molecule has 1 N–H and O–H groups in total. The fourth-order valence-electron chi connectivity index (χ4n) is 1.55. The van der Waals surface area contributed by atoms with Crippen molar-refractivity contribution in [2.24, 2.45) is 0 Å². The number of thiophene rings is 1. The average molecular weight is 267 g/mol. The van der Waals surface area contributed by atoms with Crippen molar-refractivity contribution >= 4 is 28.6 Å². The van der Waals surface area contributed by atoms with Crippen LogP contribution in [-0.4, -0.2) is 16.1 Å². The Morgan fingerprint density at radius 2 is 2.18 bits per heavy atom. The SMILES string of the molecule is CCCc1nc(C(=O)O)c(-c2ccc(C)s2)s1. The molecule has 0 spiro atoms. The van der Waals surface area contributed by atoms with Gasteiger partial charge in [-0.2, -0.15) is 0 Å². The first-order valence-corrected chi connectivity index (χ1v) is 7.05. The Labute approximate surface area is 108 Å². The van der Waals surface area contributed by atoms with E-state index in [1.807, 2.05) is 19.1 Å². The minimum absolute atomic E-state index is 0.195. The van der Waals surface area contributed by atoms with Gasteiger partial charge >= 0.3 is 5.97 Å². The molecule has 0 bridgehead atoms. The topological polar surface area (TPSA) is 50.2 Å². The minimum atomic E-state index is -0.940. The van der Waals surface area contributed by atoms with Crippen molar-refractivity contribution in [2.75, 3.05) is 0 Å². The number of carboxylic acid groups (broad SMARTS) is 1. The third kappa shape index (κ3) is 2.56. The number of carbonyl (C=O) groups is 1. The van der Waals surface area contributed by atoms with Crippen molar-refractivity contribution in [3.63, 3.8) is 0 Å². The van der Waals surface area contributed by atoms with E-state index in [0.29, 0.717) is 0 Å². The first kappa shape index (κ1) is 12.3. The predicted octanol–water partition coefficient (Wildman–Crippen LogP) is 3.83. The van der Waals surface area contributed by atoms with Gasteiger partial charge in [0.25, 0.3) is 0 Å². The number of aromatic carboxylic acids is 1.